The number of rotatable bonds is 8. The number of hydrogen-bond donors (Lipinski definition) is 2. The zero-order chi connectivity index (χ0) is 17.6. The third-order valence-corrected chi connectivity index (χ3v) is 5.93. The Kier molecular flexibility index (Phi) is 6.49. The Bertz CT molecular complexity index is 558. The van der Waals surface area contributed by atoms with E-state index in [0.29, 0.717) is 31.0 Å². The van der Waals surface area contributed by atoms with Crippen molar-refractivity contribution in [3.63, 3.8) is 0 Å². The van der Waals surface area contributed by atoms with Gasteiger partial charge < -0.3 is 10.6 Å². The minimum atomic E-state index is 0.212. The Morgan fingerprint density at radius 3 is 2.40 bits per heavy atom. The molecule has 1 aromatic rings. The molecule has 0 aromatic heterocycles. The molecule has 3 rings (SSSR count). The number of carbonyl (C=O) groups is 1. The Hall–Kier alpha value is -1.39. The number of fused-ring (bicyclic) bond motifs is 2. The summed E-state index contributed by atoms with van der Waals surface area (Å²) in [4.78, 5) is 14.8. The molecule has 2 aliphatic rings. The molecule has 2 unspecified atom stereocenters. The molecule has 25 heavy (non-hydrogen) atoms. The van der Waals surface area contributed by atoms with Crippen LogP contribution in [0.5, 0.6) is 0 Å². The first-order valence-electron chi connectivity index (χ1n) is 9.99. The molecule has 0 saturated carbocycles. The fourth-order valence-corrected chi connectivity index (χ4v) is 4.44. The average Bonchev–Trinajstić information content (AvgIpc) is 2.97. The van der Waals surface area contributed by atoms with Crippen LogP contribution in [-0.2, 0) is 17.9 Å². The third kappa shape index (κ3) is 5.05. The van der Waals surface area contributed by atoms with E-state index in [1.807, 2.05) is 0 Å². The number of hydrogen-bond acceptors (Lipinski definition) is 3. The molecule has 2 N–H and O–H groups in total. The van der Waals surface area contributed by atoms with Gasteiger partial charge in [0.15, 0.2) is 0 Å². The van der Waals surface area contributed by atoms with Crippen LogP contribution in [0, 0.1) is 5.92 Å². The van der Waals surface area contributed by atoms with Gasteiger partial charge in [-0.1, -0.05) is 38.1 Å². The first-order valence-corrected chi connectivity index (χ1v) is 9.99. The highest BCUT2D eigenvalue weighted by molar-refractivity contribution is 5.76. The van der Waals surface area contributed by atoms with Gasteiger partial charge in [-0.2, -0.15) is 0 Å². The van der Waals surface area contributed by atoms with Crippen molar-refractivity contribution in [2.45, 2.75) is 71.1 Å². The summed E-state index contributed by atoms with van der Waals surface area (Å²) in [6.45, 7) is 8.09. The molecule has 2 aliphatic heterocycles. The lowest BCUT2D eigenvalue weighted by Crippen LogP contribution is -2.39. The molecule has 4 nitrogen and oxygen atoms in total. The smallest absolute Gasteiger partial charge is 0.220 e. The van der Waals surface area contributed by atoms with E-state index in [-0.39, 0.29) is 5.91 Å². The molecule has 2 saturated heterocycles. The van der Waals surface area contributed by atoms with E-state index in [1.165, 1.54) is 36.8 Å². The van der Waals surface area contributed by atoms with Gasteiger partial charge in [0.2, 0.25) is 5.91 Å². The minimum absolute atomic E-state index is 0.212. The van der Waals surface area contributed by atoms with Crippen LogP contribution >= 0.6 is 0 Å². The maximum absolute atomic E-state index is 12.4. The van der Waals surface area contributed by atoms with E-state index in [9.17, 15) is 4.79 Å². The zero-order valence-corrected chi connectivity index (χ0v) is 15.8. The van der Waals surface area contributed by atoms with Gasteiger partial charge in [-0.15, -0.1) is 0 Å². The number of benzene rings is 1. The average molecular weight is 344 g/mol. The quantitative estimate of drug-likeness (QED) is 0.762. The van der Waals surface area contributed by atoms with Crippen molar-refractivity contribution < 1.29 is 4.79 Å². The van der Waals surface area contributed by atoms with Crippen molar-refractivity contribution in [3.8, 4) is 0 Å². The molecule has 2 atom stereocenters. The van der Waals surface area contributed by atoms with E-state index < -0.39 is 0 Å². The van der Waals surface area contributed by atoms with Crippen molar-refractivity contribution in [1.82, 2.24) is 15.5 Å². The molecule has 138 valence electrons. The lowest BCUT2D eigenvalue weighted by molar-refractivity contribution is -0.122. The highest BCUT2D eigenvalue weighted by atomic mass is 16.1. The fraction of sp³-hybridized carbons (Fsp3) is 0.667. The monoisotopic (exact) mass is 343 g/mol. The van der Waals surface area contributed by atoms with Crippen LogP contribution in [0.25, 0.3) is 0 Å². The lowest BCUT2D eigenvalue weighted by Gasteiger charge is -2.28. The van der Waals surface area contributed by atoms with E-state index in [2.05, 4.69) is 53.6 Å². The minimum Gasteiger partial charge on any atom is -0.352 e. The summed E-state index contributed by atoms with van der Waals surface area (Å²) in [5, 5.41) is 6.82. The molecular weight excluding hydrogens is 310 g/mol. The molecular formula is C21H33N3O. The molecule has 2 heterocycles. The Balaban J connectivity index is 1.50. The summed E-state index contributed by atoms with van der Waals surface area (Å²) in [7, 11) is 0. The molecule has 2 bridgehead atoms. The molecule has 1 amide bonds. The molecule has 0 aliphatic carbocycles. The number of nitrogens with one attached hydrogen (secondary N) is 2. The highest BCUT2D eigenvalue weighted by Crippen LogP contribution is 2.32. The zero-order valence-electron chi connectivity index (χ0n) is 15.8. The van der Waals surface area contributed by atoms with Crippen LogP contribution in [0.2, 0.25) is 0 Å². The predicted molar refractivity (Wildman–Crippen MR) is 102 cm³/mol. The fourth-order valence-electron chi connectivity index (χ4n) is 4.44. The van der Waals surface area contributed by atoms with Gasteiger partial charge in [0.05, 0.1) is 0 Å². The third-order valence-electron chi connectivity index (χ3n) is 5.93. The van der Waals surface area contributed by atoms with E-state index >= 15 is 0 Å². The second-order valence-electron chi connectivity index (χ2n) is 7.69. The van der Waals surface area contributed by atoms with Gasteiger partial charge in [-0.3, -0.25) is 9.69 Å². The first kappa shape index (κ1) is 18.4. The number of amides is 1. The number of carbonyl (C=O) groups excluding carboxylic acids is 1. The van der Waals surface area contributed by atoms with Crippen molar-refractivity contribution >= 4 is 5.91 Å². The molecule has 0 spiro atoms. The van der Waals surface area contributed by atoms with Crippen LogP contribution in [-0.4, -0.2) is 36.0 Å². The van der Waals surface area contributed by atoms with Crippen LogP contribution < -0.4 is 10.6 Å². The maximum Gasteiger partial charge on any atom is 0.220 e. The Morgan fingerprint density at radius 1 is 1.12 bits per heavy atom. The van der Waals surface area contributed by atoms with Gasteiger partial charge in [0.25, 0.3) is 0 Å². The van der Waals surface area contributed by atoms with Crippen molar-refractivity contribution in [1.29, 1.82) is 0 Å². The van der Waals surface area contributed by atoms with Crippen LogP contribution in [0.4, 0.5) is 0 Å². The van der Waals surface area contributed by atoms with Gasteiger partial charge in [-0.05, 0) is 55.8 Å². The highest BCUT2D eigenvalue weighted by Gasteiger charge is 2.34. The summed E-state index contributed by atoms with van der Waals surface area (Å²) in [5.41, 5.74) is 2.57. The summed E-state index contributed by atoms with van der Waals surface area (Å²) < 4.78 is 0. The van der Waals surface area contributed by atoms with Crippen molar-refractivity contribution in [3.05, 3.63) is 35.4 Å². The Labute approximate surface area is 152 Å². The summed E-state index contributed by atoms with van der Waals surface area (Å²) in [6, 6.07) is 9.80. The molecule has 4 heteroatoms. The molecule has 2 fully saturated rings. The van der Waals surface area contributed by atoms with Crippen molar-refractivity contribution in [2.24, 2.45) is 5.92 Å². The summed E-state index contributed by atoms with van der Waals surface area (Å²) in [6.07, 6.45) is 5.61. The molecule has 1 aromatic carbocycles. The second-order valence-corrected chi connectivity index (χ2v) is 7.69. The Morgan fingerprint density at radius 2 is 1.76 bits per heavy atom. The van der Waals surface area contributed by atoms with Gasteiger partial charge in [0.1, 0.15) is 0 Å². The van der Waals surface area contributed by atoms with Crippen molar-refractivity contribution in [2.75, 3.05) is 13.1 Å². The van der Waals surface area contributed by atoms with Gasteiger partial charge in [-0.25, -0.2) is 0 Å². The van der Waals surface area contributed by atoms with Crippen LogP contribution in [0.15, 0.2) is 24.3 Å². The first-order chi connectivity index (χ1) is 12.2. The van der Waals surface area contributed by atoms with E-state index in [4.69, 9.17) is 0 Å². The van der Waals surface area contributed by atoms with Gasteiger partial charge >= 0.3 is 0 Å². The number of piperidine rings is 1. The van der Waals surface area contributed by atoms with E-state index in [0.717, 1.165) is 19.6 Å². The topological polar surface area (TPSA) is 44.4 Å². The number of nitrogens with zero attached hydrogens (tertiary/aromatic N) is 1. The summed E-state index contributed by atoms with van der Waals surface area (Å²) >= 11 is 0. The second kappa shape index (κ2) is 8.81. The summed E-state index contributed by atoms with van der Waals surface area (Å²) in [5.74, 6) is 0.772. The predicted octanol–water partition coefficient (Wildman–Crippen LogP) is 3.07. The lowest BCUT2D eigenvalue weighted by atomic mass is 9.89. The van der Waals surface area contributed by atoms with Crippen LogP contribution in [0.3, 0.4) is 0 Å². The SMILES string of the molecule is CCN(CC)Cc1ccccc1CNC(=O)CC1CC2CCC(C1)N2. The standard InChI is InChI=1S/C21H33N3O/c1-3-24(4-2)15-18-8-6-5-7-17(18)14-22-21(25)13-16-11-19-9-10-20(12-16)23-19/h5-8,16,19-20,23H,3-4,9-15H2,1-2H3,(H,22,25). The largest absolute Gasteiger partial charge is 0.352 e. The van der Waals surface area contributed by atoms with Crippen LogP contribution in [0.1, 0.15) is 57.1 Å². The van der Waals surface area contributed by atoms with Gasteiger partial charge in [0, 0.05) is 31.6 Å². The molecule has 0 radical (unpaired) electrons. The van der Waals surface area contributed by atoms with E-state index in [1.54, 1.807) is 0 Å². The maximum atomic E-state index is 12.4. The normalized spacial score (nSPS) is 25.3.